The number of amides is 2. The van der Waals surface area contributed by atoms with Crippen LogP contribution in [0.2, 0.25) is 0 Å². The fourth-order valence-corrected chi connectivity index (χ4v) is 7.25. The Balaban J connectivity index is 1.24. The van der Waals surface area contributed by atoms with Gasteiger partial charge in [-0.25, -0.2) is 9.78 Å². The molecule has 0 spiro atoms. The van der Waals surface area contributed by atoms with Crippen LogP contribution in [-0.2, 0) is 33.5 Å². The minimum absolute atomic E-state index is 0.0468. The van der Waals surface area contributed by atoms with Gasteiger partial charge in [-0.05, 0) is 38.0 Å². The number of fused-ring (bicyclic) bond motifs is 1. The van der Waals surface area contributed by atoms with Crippen LogP contribution in [0.1, 0.15) is 43.7 Å². The zero-order chi connectivity index (χ0) is 35.2. The van der Waals surface area contributed by atoms with E-state index in [9.17, 15) is 19.2 Å². The predicted octanol–water partition coefficient (Wildman–Crippen LogP) is 4.25. The van der Waals surface area contributed by atoms with Gasteiger partial charge >= 0.3 is 11.9 Å². The van der Waals surface area contributed by atoms with E-state index in [0.29, 0.717) is 0 Å². The lowest BCUT2D eigenvalue weighted by Gasteiger charge is -2.53. The molecule has 2 amide bonds. The quantitative estimate of drug-likeness (QED) is 0.0531. The van der Waals surface area contributed by atoms with E-state index in [2.05, 4.69) is 22.0 Å². The fourth-order valence-electron chi connectivity index (χ4n) is 5.17. The number of oxime groups is 1. The summed E-state index contributed by atoms with van der Waals surface area (Å²) >= 11 is 2.46. The summed E-state index contributed by atoms with van der Waals surface area (Å²) < 4.78 is 11.4. The standard InChI is InChI=1S/C35H37N5O7S2/c1-5-35(32(44)46-28(22-13-8-6-9-14-22)23-15-10-7-11-16-23)20-40-30(43)27(31(40)49-21-35)38-29(42)26(24-19-48-33(36)37-24)39-45-18-12-17-25(41)47-34(2,3)4/h5-17,19,27-28,31H,1,18,20-21H2,2-4H3,(H2,36,37)(H,38,42)/t27?,31-,35?/m1/s1. The van der Waals surface area contributed by atoms with Gasteiger partial charge in [0.1, 0.15) is 34.7 Å². The maximum Gasteiger partial charge on any atom is 0.331 e. The van der Waals surface area contributed by atoms with Crippen molar-refractivity contribution in [2.24, 2.45) is 10.6 Å². The van der Waals surface area contributed by atoms with Gasteiger partial charge in [-0.15, -0.1) is 29.7 Å². The van der Waals surface area contributed by atoms with E-state index >= 15 is 0 Å². The highest BCUT2D eigenvalue weighted by atomic mass is 32.2. The van der Waals surface area contributed by atoms with Crippen LogP contribution in [0.15, 0.2) is 96.0 Å². The first-order chi connectivity index (χ1) is 23.4. The second kappa shape index (κ2) is 15.1. The predicted molar refractivity (Wildman–Crippen MR) is 187 cm³/mol. The number of aromatic nitrogens is 1. The SMILES string of the molecule is C=CC1(C(=O)OC(c2ccccc2)c2ccccc2)CS[C@@H]2C(NC(=O)C(=NOCC=CC(=O)OC(C)(C)C)c3csc(N)n3)C(=O)N2C1. The van der Waals surface area contributed by atoms with Crippen molar-refractivity contribution in [3.8, 4) is 0 Å². The number of hydrogen-bond donors (Lipinski definition) is 2. The van der Waals surface area contributed by atoms with Crippen molar-refractivity contribution in [3.63, 3.8) is 0 Å². The third-order valence-corrected chi connectivity index (χ3v) is 9.81. The highest BCUT2D eigenvalue weighted by molar-refractivity contribution is 8.00. The second-order valence-electron chi connectivity index (χ2n) is 12.3. The minimum Gasteiger partial charge on any atom is -0.457 e. The Morgan fingerprint density at radius 1 is 1.14 bits per heavy atom. The fraction of sp³-hybridized carbons (Fsp3) is 0.314. The molecule has 3 heterocycles. The summed E-state index contributed by atoms with van der Waals surface area (Å²) in [4.78, 5) is 63.5. The Kier molecular flexibility index (Phi) is 10.9. The van der Waals surface area contributed by atoms with Gasteiger partial charge in [-0.3, -0.25) is 14.4 Å². The van der Waals surface area contributed by atoms with Crippen molar-refractivity contribution < 1.29 is 33.5 Å². The Bertz CT molecular complexity index is 1720. The average Bonchev–Trinajstić information content (AvgIpc) is 3.52. The summed E-state index contributed by atoms with van der Waals surface area (Å²) in [6, 6.07) is 18.0. The highest BCUT2D eigenvalue weighted by Gasteiger charge is 2.57. The van der Waals surface area contributed by atoms with E-state index in [1.54, 1.807) is 26.2 Å². The normalized spacial score (nSPS) is 20.7. The maximum atomic E-state index is 13.9. The van der Waals surface area contributed by atoms with Crippen LogP contribution in [0.4, 0.5) is 5.13 Å². The maximum absolute atomic E-state index is 13.9. The number of nitrogens with two attached hydrogens (primary N) is 1. The molecule has 2 aromatic carbocycles. The summed E-state index contributed by atoms with van der Waals surface area (Å²) in [7, 11) is 0. The molecule has 0 radical (unpaired) electrons. The van der Waals surface area contributed by atoms with E-state index in [-0.39, 0.29) is 41.3 Å². The Hall–Kier alpha value is -4.95. The number of benzene rings is 2. The van der Waals surface area contributed by atoms with Crippen LogP contribution in [0, 0.1) is 5.41 Å². The van der Waals surface area contributed by atoms with E-state index in [1.165, 1.54) is 34.9 Å². The molecule has 2 aliphatic heterocycles. The topological polar surface area (TPSA) is 163 Å². The molecule has 2 unspecified atom stereocenters. The number of rotatable bonds is 12. The second-order valence-corrected chi connectivity index (χ2v) is 14.3. The molecule has 3 N–H and O–H groups in total. The number of thioether (sulfide) groups is 1. The van der Waals surface area contributed by atoms with Crippen LogP contribution in [0.3, 0.4) is 0 Å². The zero-order valence-electron chi connectivity index (χ0n) is 27.2. The lowest BCUT2D eigenvalue weighted by Crippen LogP contribution is -2.73. The van der Waals surface area contributed by atoms with Crippen LogP contribution < -0.4 is 11.1 Å². The number of thiazole rings is 1. The van der Waals surface area contributed by atoms with Crippen molar-refractivity contribution in [2.45, 2.75) is 43.9 Å². The molecule has 5 rings (SSSR count). The molecule has 2 fully saturated rings. The smallest absolute Gasteiger partial charge is 0.331 e. The van der Waals surface area contributed by atoms with E-state index in [1.807, 2.05) is 60.7 Å². The summed E-state index contributed by atoms with van der Waals surface area (Å²) in [6.45, 7) is 9.09. The molecule has 3 aromatic rings. The number of nitrogens with zero attached hydrogens (tertiary/aromatic N) is 3. The number of ether oxygens (including phenoxy) is 2. The van der Waals surface area contributed by atoms with Crippen LogP contribution in [-0.4, -0.2) is 75.3 Å². The molecular formula is C35H37N5O7S2. The molecule has 2 aliphatic rings. The van der Waals surface area contributed by atoms with Crippen LogP contribution in [0.5, 0.6) is 0 Å². The van der Waals surface area contributed by atoms with Gasteiger partial charge < -0.3 is 30.3 Å². The molecule has 0 saturated carbocycles. The van der Waals surface area contributed by atoms with Gasteiger partial charge in [0.25, 0.3) is 5.91 Å². The Labute approximate surface area is 292 Å². The number of hydrogen-bond acceptors (Lipinski definition) is 12. The molecule has 14 heteroatoms. The molecule has 49 heavy (non-hydrogen) atoms. The van der Waals surface area contributed by atoms with Crippen molar-refractivity contribution in [1.82, 2.24) is 15.2 Å². The molecule has 3 atom stereocenters. The molecule has 0 bridgehead atoms. The number of carbonyl (C=O) groups excluding carboxylic acids is 4. The first kappa shape index (κ1) is 35.4. The molecule has 2 saturated heterocycles. The summed E-state index contributed by atoms with van der Waals surface area (Å²) in [5.41, 5.74) is 5.57. The summed E-state index contributed by atoms with van der Waals surface area (Å²) in [6.07, 6.45) is 3.48. The molecule has 1 aromatic heterocycles. The largest absolute Gasteiger partial charge is 0.457 e. The third-order valence-electron chi connectivity index (χ3n) is 7.59. The van der Waals surface area contributed by atoms with Gasteiger partial charge in [-0.2, -0.15) is 0 Å². The molecular weight excluding hydrogens is 667 g/mol. The average molecular weight is 704 g/mol. The molecule has 256 valence electrons. The monoisotopic (exact) mass is 703 g/mol. The lowest BCUT2D eigenvalue weighted by molar-refractivity contribution is -0.162. The molecule has 12 nitrogen and oxygen atoms in total. The lowest BCUT2D eigenvalue weighted by atomic mass is 9.87. The number of anilines is 1. The van der Waals surface area contributed by atoms with E-state index in [4.69, 9.17) is 20.0 Å². The summed E-state index contributed by atoms with van der Waals surface area (Å²) in [5, 5.41) is 7.99. The third kappa shape index (κ3) is 8.38. The number of nitrogen functional groups attached to an aromatic ring is 1. The van der Waals surface area contributed by atoms with Crippen LogP contribution in [0.25, 0.3) is 0 Å². The number of esters is 2. The van der Waals surface area contributed by atoms with Crippen LogP contribution >= 0.6 is 23.1 Å². The zero-order valence-corrected chi connectivity index (χ0v) is 28.9. The minimum atomic E-state index is -1.17. The van der Waals surface area contributed by atoms with Crippen molar-refractivity contribution in [1.29, 1.82) is 0 Å². The Morgan fingerprint density at radius 2 is 1.80 bits per heavy atom. The highest BCUT2D eigenvalue weighted by Crippen LogP contribution is 2.44. The summed E-state index contributed by atoms with van der Waals surface area (Å²) in [5.74, 6) is -1.84. The van der Waals surface area contributed by atoms with Crippen molar-refractivity contribution in [2.75, 3.05) is 24.6 Å². The van der Waals surface area contributed by atoms with Gasteiger partial charge in [0.05, 0.1) is 0 Å². The van der Waals surface area contributed by atoms with Gasteiger partial charge in [-0.1, -0.05) is 71.9 Å². The first-order valence-electron chi connectivity index (χ1n) is 15.4. The van der Waals surface area contributed by atoms with Crippen molar-refractivity contribution in [3.05, 3.63) is 108 Å². The number of β-lactam (4-membered cyclic amide) rings is 1. The van der Waals surface area contributed by atoms with E-state index in [0.717, 1.165) is 22.5 Å². The van der Waals surface area contributed by atoms with Gasteiger partial charge in [0.2, 0.25) is 5.91 Å². The van der Waals surface area contributed by atoms with Crippen molar-refractivity contribution >= 4 is 57.7 Å². The first-order valence-corrected chi connectivity index (χ1v) is 17.3. The van der Waals surface area contributed by atoms with Gasteiger partial charge in [0, 0.05) is 23.8 Å². The van der Waals surface area contributed by atoms with E-state index < -0.39 is 46.4 Å². The van der Waals surface area contributed by atoms with Gasteiger partial charge in [0.15, 0.2) is 16.9 Å². The molecule has 0 aliphatic carbocycles. The Morgan fingerprint density at radius 3 is 2.37 bits per heavy atom. The number of carbonyl (C=O) groups is 4. The number of nitrogens with one attached hydrogen (secondary N) is 1.